The Labute approximate surface area is 201 Å². The summed E-state index contributed by atoms with van der Waals surface area (Å²) in [7, 11) is 0. The van der Waals surface area contributed by atoms with E-state index in [9.17, 15) is 19.7 Å². The van der Waals surface area contributed by atoms with Gasteiger partial charge in [-0.1, -0.05) is 19.8 Å². The fourth-order valence-corrected chi connectivity index (χ4v) is 5.22. The predicted molar refractivity (Wildman–Crippen MR) is 131 cm³/mol. The molecule has 0 spiro atoms. The maximum absolute atomic E-state index is 13.1. The predicted octanol–water partition coefficient (Wildman–Crippen LogP) is 2.99. The van der Waals surface area contributed by atoms with Gasteiger partial charge in [0.15, 0.2) is 0 Å². The molecule has 4 rings (SSSR count). The molecule has 0 atom stereocenters. The molecule has 3 aliphatic heterocycles. The Balaban J connectivity index is 1.34. The molecule has 34 heavy (non-hydrogen) atoms. The average Bonchev–Trinajstić information content (AvgIpc) is 3.14. The molecule has 2 amide bonds. The number of carbonyl (C=O) groups excluding carboxylic acids is 2. The lowest BCUT2D eigenvalue weighted by atomic mass is 9.98. The van der Waals surface area contributed by atoms with Crippen molar-refractivity contribution in [2.75, 3.05) is 63.8 Å². The number of amides is 2. The van der Waals surface area contributed by atoms with Gasteiger partial charge >= 0.3 is 0 Å². The van der Waals surface area contributed by atoms with Gasteiger partial charge in [0.05, 0.1) is 11.5 Å². The van der Waals surface area contributed by atoms with E-state index in [2.05, 4.69) is 16.7 Å². The number of hydrogen-bond acceptors (Lipinski definition) is 6. The maximum Gasteiger partial charge on any atom is 0.293 e. The van der Waals surface area contributed by atoms with E-state index in [1.165, 1.54) is 18.9 Å². The van der Waals surface area contributed by atoms with Crippen LogP contribution in [0.1, 0.15) is 55.8 Å². The van der Waals surface area contributed by atoms with Crippen LogP contribution in [0, 0.1) is 16.0 Å². The number of benzene rings is 1. The highest BCUT2D eigenvalue weighted by atomic mass is 16.6. The molecule has 0 N–H and O–H groups in total. The Kier molecular flexibility index (Phi) is 8.03. The van der Waals surface area contributed by atoms with Gasteiger partial charge in [0.2, 0.25) is 5.91 Å². The molecule has 1 aromatic rings. The highest BCUT2D eigenvalue weighted by Crippen LogP contribution is 2.32. The molecule has 0 bridgehead atoms. The number of rotatable bonds is 5. The number of nitrogens with zero attached hydrogens (tertiary/aromatic N) is 5. The molecule has 3 aliphatic rings. The number of hydrogen-bond donors (Lipinski definition) is 0. The standard InChI is InChI=1S/C25H37N5O4/c1-20-8-12-27(13-9-20)22-7-6-21(18-23(22)30(33)34)25(32)29-16-14-26(15-17-29)19-24(31)28-10-4-2-3-5-11-28/h6-7,18,20H,2-5,8-17,19H2,1H3. The van der Waals surface area contributed by atoms with Gasteiger partial charge < -0.3 is 14.7 Å². The number of likely N-dealkylation sites (tertiary alicyclic amines) is 1. The molecule has 9 nitrogen and oxygen atoms in total. The Morgan fingerprint density at radius 1 is 0.912 bits per heavy atom. The first-order valence-electron chi connectivity index (χ1n) is 12.7. The van der Waals surface area contributed by atoms with Gasteiger partial charge in [-0.15, -0.1) is 0 Å². The molecule has 3 fully saturated rings. The van der Waals surface area contributed by atoms with Crippen LogP contribution in [0.4, 0.5) is 11.4 Å². The lowest BCUT2D eigenvalue weighted by Crippen LogP contribution is -2.51. The molecule has 0 aliphatic carbocycles. The molecule has 1 aromatic carbocycles. The maximum atomic E-state index is 13.1. The van der Waals surface area contributed by atoms with Gasteiger partial charge in [-0.05, 0) is 43.7 Å². The second-order valence-corrected chi connectivity index (χ2v) is 9.99. The van der Waals surface area contributed by atoms with Crippen molar-refractivity contribution in [3.8, 4) is 0 Å². The van der Waals surface area contributed by atoms with Crippen molar-refractivity contribution in [1.82, 2.24) is 14.7 Å². The Bertz CT molecular complexity index is 883. The fraction of sp³-hybridized carbons (Fsp3) is 0.680. The summed E-state index contributed by atoms with van der Waals surface area (Å²) in [5.74, 6) is 0.634. The van der Waals surface area contributed by atoms with Crippen molar-refractivity contribution in [1.29, 1.82) is 0 Å². The molecule has 3 saturated heterocycles. The van der Waals surface area contributed by atoms with Crippen LogP contribution in [0.25, 0.3) is 0 Å². The SMILES string of the molecule is CC1CCN(c2ccc(C(=O)N3CCN(CC(=O)N4CCCCCC4)CC3)cc2[N+](=O)[O-])CC1. The van der Waals surface area contributed by atoms with Crippen LogP contribution in [0.2, 0.25) is 0 Å². The summed E-state index contributed by atoms with van der Waals surface area (Å²) in [6, 6.07) is 4.89. The van der Waals surface area contributed by atoms with Crippen molar-refractivity contribution >= 4 is 23.2 Å². The number of nitro groups is 1. The van der Waals surface area contributed by atoms with Gasteiger partial charge in [-0.2, -0.15) is 0 Å². The van der Waals surface area contributed by atoms with Crippen LogP contribution < -0.4 is 4.90 Å². The monoisotopic (exact) mass is 471 g/mol. The number of nitro benzene ring substituents is 1. The van der Waals surface area contributed by atoms with E-state index >= 15 is 0 Å². The van der Waals surface area contributed by atoms with Crippen LogP contribution >= 0.6 is 0 Å². The zero-order valence-electron chi connectivity index (χ0n) is 20.3. The normalized spacial score (nSPS) is 20.8. The number of anilines is 1. The molecule has 0 saturated carbocycles. The topological polar surface area (TPSA) is 90.2 Å². The molecule has 0 aromatic heterocycles. The summed E-state index contributed by atoms with van der Waals surface area (Å²) in [5.41, 5.74) is 0.960. The van der Waals surface area contributed by atoms with E-state index < -0.39 is 0 Å². The zero-order valence-corrected chi connectivity index (χ0v) is 20.3. The van der Waals surface area contributed by atoms with Crippen molar-refractivity contribution in [3.63, 3.8) is 0 Å². The van der Waals surface area contributed by atoms with Crippen LogP contribution in [0.5, 0.6) is 0 Å². The lowest BCUT2D eigenvalue weighted by Gasteiger charge is -2.35. The summed E-state index contributed by atoms with van der Waals surface area (Å²) in [6.45, 7) is 8.22. The van der Waals surface area contributed by atoms with Crippen LogP contribution in [-0.4, -0.2) is 90.3 Å². The van der Waals surface area contributed by atoms with Crippen molar-refractivity contribution in [3.05, 3.63) is 33.9 Å². The molecular weight excluding hydrogens is 434 g/mol. The average molecular weight is 472 g/mol. The molecule has 186 valence electrons. The number of piperazine rings is 1. The zero-order chi connectivity index (χ0) is 24.1. The second-order valence-electron chi connectivity index (χ2n) is 9.99. The fourth-order valence-electron chi connectivity index (χ4n) is 5.22. The van der Waals surface area contributed by atoms with Gasteiger partial charge in [-0.3, -0.25) is 24.6 Å². The van der Waals surface area contributed by atoms with Gasteiger partial charge in [0.25, 0.3) is 11.6 Å². The second kappa shape index (κ2) is 11.2. The largest absolute Gasteiger partial charge is 0.366 e. The third-order valence-corrected chi connectivity index (χ3v) is 7.52. The minimum absolute atomic E-state index is 0.00193. The van der Waals surface area contributed by atoms with E-state index in [-0.39, 0.29) is 22.4 Å². The summed E-state index contributed by atoms with van der Waals surface area (Å²) in [6.07, 6.45) is 6.58. The minimum Gasteiger partial charge on any atom is -0.366 e. The summed E-state index contributed by atoms with van der Waals surface area (Å²) in [5, 5.41) is 11.8. The van der Waals surface area contributed by atoms with Crippen LogP contribution in [0.3, 0.4) is 0 Å². The smallest absolute Gasteiger partial charge is 0.293 e. The van der Waals surface area contributed by atoms with Gasteiger partial charge in [-0.25, -0.2) is 0 Å². The van der Waals surface area contributed by atoms with Crippen molar-refractivity contribution < 1.29 is 14.5 Å². The number of carbonyl (C=O) groups is 2. The summed E-state index contributed by atoms with van der Waals surface area (Å²) >= 11 is 0. The summed E-state index contributed by atoms with van der Waals surface area (Å²) < 4.78 is 0. The van der Waals surface area contributed by atoms with E-state index in [0.717, 1.165) is 51.9 Å². The van der Waals surface area contributed by atoms with Gasteiger partial charge in [0, 0.05) is 64.0 Å². The first-order chi connectivity index (χ1) is 16.4. The lowest BCUT2D eigenvalue weighted by molar-refractivity contribution is -0.384. The van der Waals surface area contributed by atoms with Crippen molar-refractivity contribution in [2.45, 2.75) is 45.4 Å². The molecule has 3 heterocycles. The van der Waals surface area contributed by atoms with E-state index in [0.29, 0.717) is 49.9 Å². The molecule has 0 radical (unpaired) electrons. The Morgan fingerprint density at radius 3 is 2.18 bits per heavy atom. The third kappa shape index (κ3) is 5.87. The third-order valence-electron chi connectivity index (χ3n) is 7.52. The van der Waals surface area contributed by atoms with Crippen LogP contribution in [0.15, 0.2) is 18.2 Å². The first kappa shape index (κ1) is 24.4. The Hall–Kier alpha value is -2.68. The van der Waals surface area contributed by atoms with Crippen LogP contribution in [-0.2, 0) is 4.79 Å². The minimum atomic E-state index is -0.378. The van der Waals surface area contributed by atoms with Gasteiger partial charge in [0.1, 0.15) is 5.69 Å². The molecule has 9 heteroatoms. The van der Waals surface area contributed by atoms with E-state index in [1.807, 2.05) is 4.90 Å². The van der Waals surface area contributed by atoms with Crippen molar-refractivity contribution in [2.24, 2.45) is 5.92 Å². The highest BCUT2D eigenvalue weighted by molar-refractivity contribution is 5.96. The first-order valence-corrected chi connectivity index (χ1v) is 12.7. The molecular formula is C25H37N5O4. The van der Waals surface area contributed by atoms with E-state index in [4.69, 9.17) is 0 Å². The van der Waals surface area contributed by atoms with E-state index in [1.54, 1.807) is 17.0 Å². The summed E-state index contributed by atoms with van der Waals surface area (Å²) in [4.78, 5) is 45.1. The quantitative estimate of drug-likeness (QED) is 0.484. The Morgan fingerprint density at radius 2 is 1.56 bits per heavy atom. The molecule has 0 unspecified atom stereocenters. The highest BCUT2D eigenvalue weighted by Gasteiger charge is 2.28. The number of piperidine rings is 1.